The number of carbonyl (C=O) groups excluding carboxylic acids is 2. The molecule has 1 N–H and O–H groups in total. The molecular formula is C23H21NO5. The third-order valence-electron chi connectivity index (χ3n) is 4.05. The van der Waals surface area contributed by atoms with E-state index < -0.39 is 18.5 Å². The quantitative estimate of drug-likeness (QED) is 0.586. The van der Waals surface area contributed by atoms with Gasteiger partial charge >= 0.3 is 5.97 Å². The number of anilines is 1. The Balaban J connectivity index is 1.48. The number of benzene rings is 3. The van der Waals surface area contributed by atoms with Crippen LogP contribution in [0.15, 0.2) is 78.9 Å². The maximum absolute atomic E-state index is 12.1. The lowest BCUT2D eigenvalue weighted by molar-refractivity contribution is -0.119. The van der Waals surface area contributed by atoms with Gasteiger partial charge < -0.3 is 19.5 Å². The van der Waals surface area contributed by atoms with E-state index in [1.807, 2.05) is 30.3 Å². The van der Waals surface area contributed by atoms with Crippen molar-refractivity contribution in [2.24, 2.45) is 0 Å². The molecule has 29 heavy (non-hydrogen) atoms. The summed E-state index contributed by atoms with van der Waals surface area (Å²) < 4.78 is 15.9. The molecule has 0 saturated carbocycles. The van der Waals surface area contributed by atoms with E-state index in [0.717, 1.165) is 5.56 Å². The molecule has 3 aromatic rings. The van der Waals surface area contributed by atoms with Crippen molar-refractivity contribution in [3.63, 3.8) is 0 Å². The fourth-order valence-corrected chi connectivity index (χ4v) is 2.58. The van der Waals surface area contributed by atoms with Gasteiger partial charge in [0.05, 0.1) is 18.4 Å². The molecule has 0 radical (unpaired) electrons. The van der Waals surface area contributed by atoms with Gasteiger partial charge in [-0.15, -0.1) is 0 Å². The second kappa shape index (κ2) is 9.94. The van der Waals surface area contributed by atoms with E-state index in [4.69, 9.17) is 14.2 Å². The van der Waals surface area contributed by atoms with E-state index in [1.54, 1.807) is 48.5 Å². The first kappa shape index (κ1) is 19.9. The summed E-state index contributed by atoms with van der Waals surface area (Å²) in [6.45, 7) is 0.0386. The molecule has 0 aliphatic heterocycles. The van der Waals surface area contributed by atoms with E-state index in [1.165, 1.54) is 7.11 Å². The minimum atomic E-state index is -0.588. The number of methoxy groups -OCH3 is 1. The lowest BCUT2D eigenvalue weighted by Gasteiger charge is -2.10. The van der Waals surface area contributed by atoms with Crippen LogP contribution in [-0.4, -0.2) is 25.6 Å². The summed E-state index contributed by atoms with van der Waals surface area (Å²) in [6, 6.07) is 23.3. The predicted molar refractivity (Wildman–Crippen MR) is 109 cm³/mol. The Morgan fingerprint density at radius 2 is 1.55 bits per heavy atom. The highest BCUT2D eigenvalue weighted by Crippen LogP contribution is 2.22. The van der Waals surface area contributed by atoms with Crippen molar-refractivity contribution >= 4 is 17.6 Å². The van der Waals surface area contributed by atoms with Crippen LogP contribution in [0.3, 0.4) is 0 Å². The number of carbonyl (C=O) groups is 2. The lowest BCUT2D eigenvalue weighted by Crippen LogP contribution is -2.21. The van der Waals surface area contributed by atoms with Crippen LogP contribution in [0.1, 0.15) is 15.9 Å². The SMILES string of the molecule is COc1ccccc1NC(=O)COC(=O)c1ccc(OCc2ccccc2)cc1. The standard InChI is InChI=1S/C23H21NO5/c1-27-21-10-6-5-9-20(21)24-22(25)16-29-23(26)18-11-13-19(14-12-18)28-15-17-7-3-2-4-8-17/h2-14H,15-16H2,1H3,(H,24,25). The van der Waals surface area contributed by atoms with E-state index in [2.05, 4.69) is 5.32 Å². The van der Waals surface area contributed by atoms with Gasteiger partial charge in [-0.2, -0.15) is 0 Å². The van der Waals surface area contributed by atoms with Gasteiger partial charge in [-0.25, -0.2) is 4.79 Å². The number of nitrogens with one attached hydrogen (secondary N) is 1. The number of para-hydroxylation sites is 2. The topological polar surface area (TPSA) is 73.9 Å². The van der Waals surface area contributed by atoms with Gasteiger partial charge in [-0.1, -0.05) is 42.5 Å². The number of hydrogen-bond donors (Lipinski definition) is 1. The number of ether oxygens (including phenoxy) is 3. The van der Waals surface area contributed by atoms with E-state index in [9.17, 15) is 9.59 Å². The molecule has 0 unspecified atom stereocenters. The summed E-state index contributed by atoms with van der Waals surface area (Å²) in [5, 5.41) is 2.65. The maximum Gasteiger partial charge on any atom is 0.338 e. The van der Waals surface area contributed by atoms with Gasteiger partial charge in [-0.3, -0.25) is 4.79 Å². The zero-order valence-electron chi connectivity index (χ0n) is 16.0. The second-order valence-corrected chi connectivity index (χ2v) is 6.12. The van der Waals surface area contributed by atoms with Crippen molar-refractivity contribution in [2.45, 2.75) is 6.61 Å². The summed E-state index contributed by atoms with van der Waals surface area (Å²) >= 11 is 0. The van der Waals surface area contributed by atoms with Crippen molar-refractivity contribution in [3.8, 4) is 11.5 Å². The van der Waals surface area contributed by atoms with Crippen LogP contribution in [0, 0.1) is 0 Å². The van der Waals surface area contributed by atoms with Crippen LogP contribution in [0.25, 0.3) is 0 Å². The van der Waals surface area contributed by atoms with Crippen LogP contribution < -0.4 is 14.8 Å². The summed E-state index contributed by atoms with van der Waals surface area (Å²) in [5.41, 5.74) is 1.90. The van der Waals surface area contributed by atoms with Gasteiger partial charge in [0, 0.05) is 0 Å². The van der Waals surface area contributed by atoms with E-state index in [-0.39, 0.29) is 0 Å². The Morgan fingerprint density at radius 1 is 0.862 bits per heavy atom. The number of hydrogen-bond acceptors (Lipinski definition) is 5. The highest BCUT2D eigenvalue weighted by Gasteiger charge is 2.12. The molecular weight excluding hydrogens is 370 g/mol. The molecule has 0 aromatic heterocycles. The Hall–Kier alpha value is -3.80. The van der Waals surface area contributed by atoms with Crippen molar-refractivity contribution < 1.29 is 23.8 Å². The first-order valence-electron chi connectivity index (χ1n) is 9.02. The van der Waals surface area contributed by atoms with Gasteiger partial charge in [0.1, 0.15) is 18.1 Å². The van der Waals surface area contributed by atoms with Crippen molar-refractivity contribution in [2.75, 3.05) is 19.0 Å². The van der Waals surface area contributed by atoms with Gasteiger partial charge in [0.25, 0.3) is 5.91 Å². The Morgan fingerprint density at radius 3 is 2.28 bits per heavy atom. The van der Waals surface area contributed by atoms with Crippen LogP contribution in [0.4, 0.5) is 5.69 Å². The lowest BCUT2D eigenvalue weighted by atomic mass is 10.2. The highest BCUT2D eigenvalue weighted by atomic mass is 16.5. The maximum atomic E-state index is 12.1. The average molecular weight is 391 g/mol. The average Bonchev–Trinajstić information content (AvgIpc) is 2.77. The molecule has 6 heteroatoms. The van der Waals surface area contributed by atoms with Crippen LogP contribution in [0.2, 0.25) is 0 Å². The molecule has 3 aromatic carbocycles. The molecule has 0 saturated heterocycles. The first-order chi connectivity index (χ1) is 14.2. The van der Waals surface area contributed by atoms with Crippen molar-refractivity contribution in [3.05, 3.63) is 90.0 Å². The van der Waals surface area contributed by atoms with Crippen LogP contribution in [0.5, 0.6) is 11.5 Å². The Kier molecular flexibility index (Phi) is 6.84. The van der Waals surface area contributed by atoms with Crippen LogP contribution in [-0.2, 0) is 16.1 Å². The molecule has 0 aliphatic carbocycles. The van der Waals surface area contributed by atoms with E-state index >= 15 is 0 Å². The monoisotopic (exact) mass is 391 g/mol. The minimum Gasteiger partial charge on any atom is -0.495 e. The molecule has 0 spiro atoms. The number of esters is 1. The van der Waals surface area contributed by atoms with Gasteiger partial charge in [-0.05, 0) is 42.0 Å². The van der Waals surface area contributed by atoms with Crippen LogP contribution >= 0.6 is 0 Å². The second-order valence-electron chi connectivity index (χ2n) is 6.12. The Bertz CT molecular complexity index is 955. The van der Waals surface area contributed by atoms with Gasteiger partial charge in [0.15, 0.2) is 6.61 Å². The zero-order valence-corrected chi connectivity index (χ0v) is 16.0. The number of rotatable bonds is 8. The fourth-order valence-electron chi connectivity index (χ4n) is 2.58. The van der Waals surface area contributed by atoms with E-state index in [0.29, 0.717) is 29.4 Å². The number of amides is 1. The highest BCUT2D eigenvalue weighted by molar-refractivity contribution is 5.96. The molecule has 0 heterocycles. The molecule has 1 amide bonds. The van der Waals surface area contributed by atoms with Crippen molar-refractivity contribution in [1.29, 1.82) is 0 Å². The zero-order chi connectivity index (χ0) is 20.5. The summed E-state index contributed by atoms with van der Waals surface area (Å²) in [4.78, 5) is 24.2. The summed E-state index contributed by atoms with van der Waals surface area (Å²) in [7, 11) is 1.51. The third kappa shape index (κ3) is 5.84. The normalized spacial score (nSPS) is 10.1. The molecule has 6 nitrogen and oxygen atoms in total. The Labute approximate surface area is 169 Å². The fraction of sp³-hybridized carbons (Fsp3) is 0.130. The molecule has 0 bridgehead atoms. The molecule has 0 fully saturated rings. The minimum absolute atomic E-state index is 0.335. The third-order valence-corrected chi connectivity index (χ3v) is 4.05. The largest absolute Gasteiger partial charge is 0.495 e. The predicted octanol–water partition coefficient (Wildman–Crippen LogP) is 4.07. The molecule has 0 atom stereocenters. The summed E-state index contributed by atoms with van der Waals surface area (Å²) in [6.07, 6.45) is 0. The molecule has 148 valence electrons. The summed E-state index contributed by atoms with van der Waals surface area (Å²) in [5.74, 6) is 0.123. The smallest absolute Gasteiger partial charge is 0.338 e. The van der Waals surface area contributed by atoms with Gasteiger partial charge in [0.2, 0.25) is 0 Å². The molecule has 3 rings (SSSR count). The molecule has 0 aliphatic rings. The van der Waals surface area contributed by atoms with Crippen molar-refractivity contribution in [1.82, 2.24) is 0 Å². The first-order valence-corrected chi connectivity index (χ1v) is 9.02.